The number of sulfonamides is 1. The molecule has 4 rings (SSSR count). The van der Waals surface area contributed by atoms with Crippen molar-refractivity contribution in [3.05, 3.63) is 100 Å². The minimum Gasteiger partial charge on any atom is -0.497 e. The van der Waals surface area contributed by atoms with Gasteiger partial charge in [0.1, 0.15) is 5.75 Å². The van der Waals surface area contributed by atoms with Gasteiger partial charge in [0.2, 0.25) is 10.0 Å². The zero-order chi connectivity index (χ0) is 25.0. The average molecular weight is 491 g/mol. The Morgan fingerprint density at radius 1 is 1.00 bits per heavy atom. The molecule has 35 heavy (non-hydrogen) atoms. The zero-order valence-electron chi connectivity index (χ0n) is 19.4. The number of benzene rings is 3. The summed E-state index contributed by atoms with van der Waals surface area (Å²) in [5, 5.41) is 8.40. The lowest BCUT2D eigenvalue weighted by Gasteiger charge is -2.05. The number of aliphatic imine (C=N–C) groups is 1. The van der Waals surface area contributed by atoms with E-state index in [0.717, 1.165) is 22.6 Å². The molecule has 0 aliphatic rings. The first kappa shape index (κ1) is 24.2. The lowest BCUT2D eigenvalue weighted by atomic mass is 10.0. The molecule has 0 saturated heterocycles. The van der Waals surface area contributed by atoms with Crippen molar-refractivity contribution >= 4 is 15.7 Å². The number of aromatic amines is 1. The Balaban J connectivity index is 1.66. The van der Waals surface area contributed by atoms with Crippen LogP contribution in [-0.2, 0) is 16.4 Å². The lowest BCUT2D eigenvalue weighted by Crippen LogP contribution is -2.19. The number of nitrogens with one attached hydrogen (secondary N) is 1. The van der Waals surface area contributed by atoms with Gasteiger partial charge >= 0.3 is 0 Å². The van der Waals surface area contributed by atoms with Crippen molar-refractivity contribution in [2.45, 2.75) is 18.2 Å². The number of hydrogen-bond donors (Lipinski definition) is 2. The van der Waals surface area contributed by atoms with Crippen molar-refractivity contribution in [3.8, 4) is 22.7 Å². The number of primary sulfonamides is 1. The highest BCUT2D eigenvalue weighted by Gasteiger charge is 2.19. The molecule has 0 aliphatic heterocycles. The summed E-state index contributed by atoms with van der Waals surface area (Å²) in [6.07, 6.45) is 0.581. The van der Waals surface area contributed by atoms with Crippen molar-refractivity contribution in [1.29, 1.82) is 0 Å². The predicted octanol–water partition coefficient (Wildman–Crippen LogP) is 3.54. The fraction of sp³-hybridized carbons (Fsp3) is 0.154. The molecule has 0 fully saturated rings. The molecule has 0 unspecified atom stereocenters. The molecule has 0 saturated carbocycles. The minimum absolute atomic E-state index is 0.0684. The second-order valence-electron chi connectivity index (χ2n) is 7.97. The number of nitrogens with two attached hydrogens (primary N) is 1. The second-order valence-corrected chi connectivity index (χ2v) is 9.53. The lowest BCUT2D eigenvalue weighted by molar-refractivity contribution is 0.415. The van der Waals surface area contributed by atoms with E-state index in [-0.39, 0.29) is 10.5 Å². The van der Waals surface area contributed by atoms with E-state index in [1.807, 2.05) is 61.5 Å². The Morgan fingerprint density at radius 3 is 2.26 bits per heavy atom. The van der Waals surface area contributed by atoms with Crippen molar-refractivity contribution in [2.24, 2.45) is 10.1 Å². The highest BCUT2D eigenvalue weighted by atomic mass is 32.2. The first-order valence-corrected chi connectivity index (χ1v) is 12.5. The molecule has 9 heteroatoms. The number of para-hydroxylation sites is 1. The highest BCUT2D eigenvalue weighted by molar-refractivity contribution is 7.89. The Kier molecular flexibility index (Phi) is 6.99. The van der Waals surface area contributed by atoms with Crippen molar-refractivity contribution in [3.63, 3.8) is 0 Å². The van der Waals surface area contributed by atoms with Crippen LogP contribution in [0.5, 0.6) is 5.75 Å². The smallest absolute Gasteiger partial charge is 0.280 e. The molecule has 0 amide bonds. The van der Waals surface area contributed by atoms with Crippen LogP contribution in [0.25, 0.3) is 16.9 Å². The van der Waals surface area contributed by atoms with Crippen LogP contribution < -0.4 is 15.4 Å². The average Bonchev–Trinajstić information content (AvgIpc) is 3.21. The van der Waals surface area contributed by atoms with Gasteiger partial charge in [-0.05, 0) is 67.4 Å². The van der Waals surface area contributed by atoms with Gasteiger partial charge in [0.05, 0.1) is 29.0 Å². The topological polar surface area (TPSA) is 120 Å². The number of rotatable bonds is 8. The van der Waals surface area contributed by atoms with Gasteiger partial charge in [-0.3, -0.25) is 14.9 Å². The van der Waals surface area contributed by atoms with E-state index in [2.05, 4.69) is 10.1 Å². The van der Waals surface area contributed by atoms with Gasteiger partial charge in [0.15, 0.2) is 0 Å². The van der Waals surface area contributed by atoms with Crippen LogP contribution in [0.4, 0.5) is 0 Å². The summed E-state index contributed by atoms with van der Waals surface area (Å²) < 4.78 is 29.7. The van der Waals surface area contributed by atoms with Gasteiger partial charge in [-0.25, -0.2) is 18.2 Å². The third-order valence-electron chi connectivity index (χ3n) is 5.65. The predicted molar refractivity (Wildman–Crippen MR) is 137 cm³/mol. The maximum absolute atomic E-state index is 13.5. The second kappa shape index (κ2) is 10.1. The standard InChI is InChI=1S/C26H26N4O4S/c1-18(28-17-16-19-8-14-23(15-9-19)35(27,32)33)24-25(20-10-12-22(34-2)13-11-20)29-30(26(24)31)21-6-4-3-5-7-21/h3-15,29H,16-17H2,1-2H3,(H2,27,32,33). The SMILES string of the molecule is COc1ccc(-c2[nH]n(-c3ccccc3)c(=O)c2C(C)=NCCc2ccc(S(N)(=O)=O)cc2)cc1. The highest BCUT2D eigenvalue weighted by Crippen LogP contribution is 2.24. The fourth-order valence-corrected chi connectivity index (χ4v) is 4.29. The number of nitrogens with zero attached hydrogens (tertiary/aromatic N) is 2. The van der Waals surface area contributed by atoms with Crippen LogP contribution in [0.2, 0.25) is 0 Å². The van der Waals surface area contributed by atoms with Gasteiger partial charge < -0.3 is 4.74 Å². The summed E-state index contributed by atoms with van der Waals surface area (Å²) in [5.41, 5.74) is 4.04. The number of methoxy groups -OCH3 is 1. The van der Waals surface area contributed by atoms with Gasteiger partial charge in [-0.1, -0.05) is 30.3 Å². The van der Waals surface area contributed by atoms with Gasteiger partial charge in [0, 0.05) is 17.8 Å². The molecule has 8 nitrogen and oxygen atoms in total. The maximum atomic E-state index is 13.5. The van der Waals surface area contributed by atoms with E-state index in [9.17, 15) is 13.2 Å². The number of ether oxygens (including phenoxy) is 1. The Morgan fingerprint density at radius 2 is 1.66 bits per heavy atom. The molecule has 0 radical (unpaired) electrons. The number of H-pyrrole nitrogens is 1. The fourth-order valence-electron chi connectivity index (χ4n) is 3.78. The normalized spacial score (nSPS) is 12.0. The minimum atomic E-state index is -3.73. The molecular formula is C26H26N4O4S. The Hall–Kier alpha value is -3.95. The first-order valence-electron chi connectivity index (χ1n) is 11.0. The molecule has 0 aliphatic carbocycles. The van der Waals surface area contributed by atoms with E-state index >= 15 is 0 Å². The van der Waals surface area contributed by atoms with Crippen LogP contribution in [0.15, 0.2) is 93.5 Å². The summed E-state index contributed by atoms with van der Waals surface area (Å²) in [6, 6.07) is 23.2. The van der Waals surface area contributed by atoms with Gasteiger partial charge in [-0.2, -0.15) is 0 Å². The largest absolute Gasteiger partial charge is 0.497 e. The summed E-state index contributed by atoms with van der Waals surface area (Å²) in [5.74, 6) is 0.721. The third kappa shape index (κ3) is 5.42. The first-order chi connectivity index (χ1) is 16.8. The molecular weight excluding hydrogens is 464 g/mol. The van der Waals surface area contributed by atoms with Crippen LogP contribution in [0.3, 0.4) is 0 Å². The Labute approximate surface area is 203 Å². The molecule has 180 valence electrons. The molecule has 1 aromatic heterocycles. The van der Waals surface area contributed by atoms with E-state index in [4.69, 9.17) is 9.88 Å². The molecule has 0 bridgehead atoms. The third-order valence-corrected chi connectivity index (χ3v) is 6.58. The van der Waals surface area contributed by atoms with E-state index in [1.165, 1.54) is 16.8 Å². The van der Waals surface area contributed by atoms with Gasteiger partial charge in [-0.15, -0.1) is 0 Å². The van der Waals surface area contributed by atoms with Crippen LogP contribution in [-0.4, -0.2) is 37.6 Å². The molecule has 0 atom stereocenters. The summed E-state index contributed by atoms with van der Waals surface area (Å²) >= 11 is 0. The quantitative estimate of drug-likeness (QED) is 0.367. The van der Waals surface area contributed by atoms with Gasteiger partial charge in [0.25, 0.3) is 5.56 Å². The molecule has 0 spiro atoms. The van der Waals surface area contributed by atoms with Crippen molar-refractivity contribution in [2.75, 3.05) is 13.7 Å². The Bertz CT molecular complexity index is 1500. The molecule has 1 heterocycles. The number of hydrogen-bond acceptors (Lipinski definition) is 5. The zero-order valence-corrected chi connectivity index (χ0v) is 20.2. The summed E-state index contributed by atoms with van der Waals surface area (Å²) in [6.45, 7) is 2.25. The molecule has 4 aromatic rings. The molecule has 3 N–H and O–H groups in total. The monoisotopic (exact) mass is 490 g/mol. The van der Waals surface area contributed by atoms with Crippen LogP contribution in [0, 0.1) is 0 Å². The van der Waals surface area contributed by atoms with Crippen LogP contribution >= 0.6 is 0 Å². The summed E-state index contributed by atoms with van der Waals surface area (Å²) in [7, 11) is -2.12. The number of aromatic nitrogens is 2. The van der Waals surface area contributed by atoms with Crippen molar-refractivity contribution in [1.82, 2.24) is 9.78 Å². The van der Waals surface area contributed by atoms with E-state index in [0.29, 0.717) is 29.9 Å². The molecule has 3 aromatic carbocycles. The van der Waals surface area contributed by atoms with E-state index < -0.39 is 10.0 Å². The summed E-state index contributed by atoms with van der Waals surface area (Å²) in [4.78, 5) is 18.2. The van der Waals surface area contributed by atoms with Crippen molar-refractivity contribution < 1.29 is 13.2 Å². The van der Waals surface area contributed by atoms with E-state index in [1.54, 1.807) is 19.2 Å². The maximum Gasteiger partial charge on any atom is 0.280 e. The van der Waals surface area contributed by atoms with Crippen LogP contribution in [0.1, 0.15) is 18.1 Å².